The molecule has 0 N–H and O–H groups in total. The van der Waals surface area contributed by atoms with Crippen molar-refractivity contribution in [2.24, 2.45) is 0 Å². The van der Waals surface area contributed by atoms with Gasteiger partial charge in [0.2, 0.25) is 11.6 Å². The molecule has 1 atom stereocenters. The molecule has 4 nitrogen and oxygen atoms in total. The largest absolute Gasteiger partial charge is 0.471 e. The van der Waals surface area contributed by atoms with E-state index in [1.807, 2.05) is 37.3 Å². The highest BCUT2D eigenvalue weighted by molar-refractivity contribution is 6.31. The molecule has 1 saturated heterocycles. The predicted molar refractivity (Wildman–Crippen MR) is 87.9 cm³/mol. The van der Waals surface area contributed by atoms with Gasteiger partial charge in [-0.15, -0.1) is 0 Å². The van der Waals surface area contributed by atoms with E-state index in [2.05, 4.69) is 14.7 Å². The number of hydrogen-bond acceptors (Lipinski definition) is 3. The molecule has 0 saturated carbocycles. The average Bonchev–Trinajstić information content (AvgIpc) is 2.98. The fourth-order valence-electron chi connectivity index (χ4n) is 2.63. The Morgan fingerprint density at radius 1 is 1.41 bits per heavy atom. The van der Waals surface area contributed by atoms with Gasteiger partial charge in [-0.2, -0.15) is 0 Å². The van der Waals surface area contributed by atoms with Crippen molar-refractivity contribution in [2.75, 3.05) is 18.0 Å². The minimum Gasteiger partial charge on any atom is -0.471 e. The van der Waals surface area contributed by atoms with Crippen molar-refractivity contribution < 1.29 is 4.74 Å². The van der Waals surface area contributed by atoms with Gasteiger partial charge in [0, 0.05) is 24.8 Å². The molecule has 1 aromatic heterocycles. The summed E-state index contributed by atoms with van der Waals surface area (Å²) in [7, 11) is 0. The van der Waals surface area contributed by atoms with E-state index in [4.69, 9.17) is 22.9 Å². The van der Waals surface area contributed by atoms with Crippen LogP contribution in [-0.4, -0.2) is 24.2 Å². The number of benzene rings is 1. The summed E-state index contributed by atoms with van der Waals surface area (Å²) in [5, 5.41) is 0.542. The van der Waals surface area contributed by atoms with Crippen molar-refractivity contribution in [1.82, 2.24) is 4.98 Å². The Hall–Kier alpha value is -2.25. The fourth-order valence-corrected chi connectivity index (χ4v) is 2.90. The molecule has 1 aliphatic heterocycles. The Morgan fingerprint density at radius 3 is 3.00 bits per heavy atom. The summed E-state index contributed by atoms with van der Waals surface area (Å²) in [6, 6.07) is 9.51. The number of rotatable bonds is 3. The maximum atomic E-state index is 7.27. The highest BCUT2D eigenvalue weighted by Crippen LogP contribution is 2.32. The van der Waals surface area contributed by atoms with Crippen LogP contribution in [0.25, 0.3) is 4.85 Å². The summed E-state index contributed by atoms with van der Waals surface area (Å²) in [4.78, 5) is 10.0. The second kappa shape index (κ2) is 6.25. The Balaban J connectivity index is 1.71. The van der Waals surface area contributed by atoms with Crippen LogP contribution >= 0.6 is 11.6 Å². The molecule has 1 aliphatic rings. The summed E-state index contributed by atoms with van der Waals surface area (Å²) in [6.07, 6.45) is 2.67. The van der Waals surface area contributed by atoms with Gasteiger partial charge in [0.1, 0.15) is 11.1 Å². The maximum Gasteiger partial charge on any atom is 0.232 e. The third-order valence-corrected chi connectivity index (χ3v) is 3.98. The van der Waals surface area contributed by atoms with E-state index in [0.717, 1.165) is 30.8 Å². The first-order chi connectivity index (χ1) is 10.7. The molecule has 0 radical (unpaired) electrons. The van der Waals surface area contributed by atoms with Gasteiger partial charge in [0.25, 0.3) is 0 Å². The van der Waals surface area contributed by atoms with Crippen molar-refractivity contribution in [3.63, 3.8) is 0 Å². The summed E-state index contributed by atoms with van der Waals surface area (Å²) in [6.45, 7) is 10.8. The van der Waals surface area contributed by atoms with Gasteiger partial charge in [0.15, 0.2) is 0 Å². The molecule has 5 heteroatoms. The lowest BCUT2D eigenvalue weighted by Gasteiger charge is -2.20. The maximum absolute atomic E-state index is 7.27. The smallest absolute Gasteiger partial charge is 0.232 e. The molecule has 2 heterocycles. The lowest BCUT2D eigenvalue weighted by molar-refractivity contribution is 0.216. The quantitative estimate of drug-likeness (QED) is 0.793. The number of halogens is 1. The minimum absolute atomic E-state index is 0.0338. The van der Waals surface area contributed by atoms with Crippen LogP contribution in [0.5, 0.6) is 5.88 Å². The van der Waals surface area contributed by atoms with Crippen LogP contribution in [0.15, 0.2) is 36.5 Å². The van der Waals surface area contributed by atoms with Crippen LogP contribution in [-0.2, 0) is 0 Å². The van der Waals surface area contributed by atoms with Crippen LogP contribution in [0.3, 0.4) is 0 Å². The summed E-state index contributed by atoms with van der Waals surface area (Å²) in [5.74, 6) is 0.484. The monoisotopic (exact) mass is 313 g/mol. The first-order valence-electron chi connectivity index (χ1n) is 7.17. The molecule has 0 unspecified atom stereocenters. The van der Waals surface area contributed by atoms with Crippen molar-refractivity contribution in [3.8, 4) is 5.88 Å². The van der Waals surface area contributed by atoms with E-state index < -0.39 is 0 Å². The van der Waals surface area contributed by atoms with E-state index in [1.165, 1.54) is 0 Å². The molecule has 112 valence electrons. The predicted octanol–water partition coefficient (Wildman–Crippen LogP) is 4.25. The fraction of sp³-hybridized carbons (Fsp3) is 0.294. The van der Waals surface area contributed by atoms with Gasteiger partial charge in [-0.1, -0.05) is 29.8 Å². The molecule has 0 spiro atoms. The molecule has 1 aromatic carbocycles. The Labute approximate surface area is 135 Å². The van der Waals surface area contributed by atoms with E-state index in [1.54, 1.807) is 6.20 Å². The molecule has 1 fully saturated rings. The number of anilines is 1. The number of aryl methyl sites for hydroxylation is 1. The third kappa shape index (κ3) is 3.00. The summed E-state index contributed by atoms with van der Waals surface area (Å²) < 4.78 is 5.92. The van der Waals surface area contributed by atoms with Crippen LogP contribution in [0.4, 0.5) is 11.4 Å². The lowest BCUT2D eigenvalue weighted by Crippen LogP contribution is -2.24. The van der Waals surface area contributed by atoms with Crippen molar-refractivity contribution in [3.05, 3.63) is 58.5 Å². The van der Waals surface area contributed by atoms with Gasteiger partial charge >= 0.3 is 0 Å². The molecular formula is C17H16ClN3O. The van der Waals surface area contributed by atoms with E-state index >= 15 is 0 Å². The second-order valence-electron chi connectivity index (χ2n) is 5.37. The molecule has 2 aromatic rings. The molecule has 22 heavy (non-hydrogen) atoms. The number of aromatic nitrogens is 1. The SMILES string of the molecule is [C-]#[N+]c1ccccc1N1CC[C@@H](Oc2ncc(C)cc2Cl)C1. The normalized spacial score (nSPS) is 17.3. The van der Waals surface area contributed by atoms with Crippen LogP contribution < -0.4 is 9.64 Å². The molecule has 3 rings (SSSR count). The first kappa shape index (κ1) is 14.7. The van der Waals surface area contributed by atoms with Crippen molar-refractivity contribution in [1.29, 1.82) is 0 Å². The van der Waals surface area contributed by atoms with Gasteiger partial charge in [-0.25, -0.2) is 9.83 Å². The Morgan fingerprint density at radius 2 is 2.23 bits per heavy atom. The lowest BCUT2D eigenvalue weighted by atomic mass is 10.2. The van der Waals surface area contributed by atoms with E-state index in [9.17, 15) is 0 Å². The molecule has 0 bridgehead atoms. The first-order valence-corrected chi connectivity index (χ1v) is 7.55. The van der Waals surface area contributed by atoms with Crippen molar-refractivity contribution in [2.45, 2.75) is 19.4 Å². The van der Waals surface area contributed by atoms with Gasteiger partial charge < -0.3 is 9.64 Å². The van der Waals surface area contributed by atoms with Gasteiger partial charge in [-0.3, -0.25) is 0 Å². The number of hydrogen-bond donors (Lipinski definition) is 0. The number of pyridine rings is 1. The number of nitrogens with zero attached hydrogens (tertiary/aromatic N) is 3. The average molecular weight is 314 g/mol. The number of para-hydroxylation sites is 2. The van der Waals surface area contributed by atoms with Crippen LogP contribution in [0.1, 0.15) is 12.0 Å². The standard InChI is InChI=1S/C17H16ClN3O/c1-12-9-14(18)17(20-10-12)22-13-7-8-21(11-13)16-6-4-3-5-15(16)19-2/h3-6,9-10,13H,7-8,11H2,1H3/t13-/m1/s1. The van der Waals surface area contributed by atoms with Crippen LogP contribution in [0, 0.1) is 13.5 Å². The van der Waals surface area contributed by atoms with E-state index in [0.29, 0.717) is 16.6 Å². The second-order valence-corrected chi connectivity index (χ2v) is 5.78. The minimum atomic E-state index is 0.0338. The highest BCUT2D eigenvalue weighted by atomic mass is 35.5. The molecule has 0 aliphatic carbocycles. The van der Waals surface area contributed by atoms with Gasteiger partial charge in [-0.05, 0) is 24.6 Å². The van der Waals surface area contributed by atoms with Crippen LogP contribution in [0.2, 0.25) is 5.02 Å². The van der Waals surface area contributed by atoms with E-state index in [-0.39, 0.29) is 6.10 Å². The zero-order chi connectivity index (χ0) is 15.5. The zero-order valence-electron chi connectivity index (χ0n) is 12.3. The third-order valence-electron chi connectivity index (χ3n) is 3.71. The van der Waals surface area contributed by atoms with Gasteiger partial charge in [0.05, 0.1) is 13.1 Å². The molecule has 0 amide bonds. The molecular weight excluding hydrogens is 298 g/mol. The Kier molecular flexibility index (Phi) is 4.17. The number of ether oxygens (including phenoxy) is 1. The topological polar surface area (TPSA) is 29.7 Å². The Bertz CT molecular complexity index is 726. The van der Waals surface area contributed by atoms with Crippen molar-refractivity contribution >= 4 is 23.0 Å². The summed E-state index contributed by atoms with van der Waals surface area (Å²) in [5.41, 5.74) is 2.65. The zero-order valence-corrected chi connectivity index (χ0v) is 13.0. The summed E-state index contributed by atoms with van der Waals surface area (Å²) >= 11 is 6.17. The highest BCUT2D eigenvalue weighted by Gasteiger charge is 2.26.